The molecule has 3 nitrogen and oxygen atoms in total. The van der Waals surface area contributed by atoms with Crippen LogP contribution in [0.25, 0.3) is 10.8 Å². The Morgan fingerprint density at radius 3 is 2.87 bits per heavy atom. The van der Waals surface area contributed by atoms with E-state index in [1.807, 2.05) is 18.5 Å². The van der Waals surface area contributed by atoms with Crippen LogP contribution in [0.15, 0.2) is 53.7 Å². The fourth-order valence-electron chi connectivity index (χ4n) is 4.22. The monoisotopic (exact) mass is 313 g/mol. The van der Waals surface area contributed by atoms with E-state index in [1.54, 1.807) is 17.7 Å². The Bertz CT molecular complexity index is 1050. The molecule has 3 aromatic heterocycles. The van der Waals surface area contributed by atoms with E-state index < -0.39 is 0 Å². The van der Waals surface area contributed by atoms with Gasteiger partial charge in [0.15, 0.2) is 0 Å². The van der Waals surface area contributed by atoms with Crippen molar-refractivity contribution in [1.29, 1.82) is 0 Å². The molecular weight excluding hydrogens is 302 g/mol. The second-order valence-electron chi connectivity index (χ2n) is 6.19. The lowest BCUT2D eigenvalue weighted by molar-refractivity contribution is 0.772. The second kappa shape index (κ2) is 4.03. The van der Waals surface area contributed by atoms with Crippen molar-refractivity contribution in [2.45, 2.75) is 11.8 Å². The minimum atomic E-state index is 0.111. The molecule has 0 spiro atoms. The van der Waals surface area contributed by atoms with Crippen molar-refractivity contribution in [2.24, 2.45) is 0 Å². The van der Waals surface area contributed by atoms with Crippen LogP contribution in [0.2, 0.25) is 0 Å². The molecule has 0 aliphatic heterocycles. The van der Waals surface area contributed by atoms with Crippen LogP contribution in [0, 0.1) is 0 Å². The highest BCUT2D eigenvalue weighted by atomic mass is 32.1. The molecule has 2 unspecified atom stereocenters. The molecule has 3 heterocycles. The molecule has 0 saturated carbocycles. The molecular formula is C19H11N3S. The topological polar surface area (TPSA) is 38.7 Å². The number of fused-ring (bicyclic) bond motifs is 1. The fourth-order valence-corrected chi connectivity index (χ4v) is 5.03. The van der Waals surface area contributed by atoms with Gasteiger partial charge in [-0.2, -0.15) is 11.3 Å². The molecule has 0 amide bonds. The van der Waals surface area contributed by atoms with E-state index in [1.165, 1.54) is 33.0 Å². The molecule has 4 bridgehead atoms. The SMILES string of the molecule is c1cnc2c(c1)C1c3cc(c4cscc4c3)C2c2ncncc21. The van der Waals surface area contributed by atoms with E-state index in [9.17, 15) is 0 Å². The molecule has 7 rings (SSSR count). The maximum atomic E-state index is 4.75. The van der Waals surface area contributed by atoms with Gasteiger partial charge in [-0.25, -0.2) is 9.97 Å². The number of thiophene rings is 1. The van der Waals surface area contributed by atoms with Crippen molar-refractivity contribution in [3.05, 3.63) is 87.4 Å². The van der Waals surface area contributed by atoms with Crippen molar-refractivity contribution in [2.75, 3.05) is 0 Å². The zero-order valence-corrected chi connectivity index (χ0v) is 12.9. The normalized spacial score (nSPS) is 20.2. The van der Waals surface area contributed by atoms with Crippen LogP contribution in [-0.4, -0.2) is 15.0 Å². The van der Waals surface area contributed by atoms with Crippen LogP contribution in [0.3, 0.4) is 0 Å². The predicted octanol–water partition coefficient (Wildman–Crippen LogP) is 4.07. The molecule has 4 heteroatoms. The Hall–Kier alpha value is -2.59. The van der Waals surface area contributed by atoms with Gasteiger partial charge in [-0.15, -0.1) is 0 Å². The first-order chi connectivity index (χ1) is 11.4. The third-order valence-corrected chi connectivity index (χ3v) is 5.87. The highest BCUT2D eigenvalue weighted by Crippen LogP contribution is 2.52. The van der Waals surface area contributed by atoms with Crippen LogP contribution < -0.4 is 0 Å². The summed E-state index contributed by atoms with van der Waals surface area (Å²) in [5.41, 5.74) is 7.45. The summed E-state index contributed by atoms with van der Waals surface area (Å²) in [4.78, 5) is 13.7. The largest absolute Gasteiger partial charge is 0.260 e. The quantitative estimate of drug-likeness (QED) is 0.424. The first-order valence-corrected chi connectivity index (χ1v) is 8.60. The third kappa shape index (κ3) is 1.38. The third-order valence-electron chi connectivity index (χ3n) is 5.10. The Morgan fingerprint density at radius 1 is 0.913 bits per heavy atom. The van der Waals surface area contributed by atoms with E-state index in [4.69, 9.17) is 4.98 Å². The van der Waals surface area contributed by atoms with Crippen molar-refractivity contribution >= 4 is 22.1 Å². The van der Waals surface area contributed by atoms with Crippen LogP contribution in [0.1, 0.15) is 45.5 Å². The highest BCUT2D eigenvalue weighted by molar-refractivity contribution is 7.09. The van der Waals surface area contributed by atoms with Crippen LogP contribution in [0.5, 0.6) is 0 Å². The lowest BCUT2D eigenvalue weighted by Gasteiger charge is -2.28. The first-order valence-electron chi connectivity index (χ1n) is 7.66. The van der Waals surface area contributed by atoms with Crippen LogP contribution in [0.4, 0.5) is 0 Å². The van der Waals surface area contributed by atoms with Crippen molar-refractivity contribution in [3.8, 4) is 0 Å². The minimum Gasteiger partial charge on any atom is -0.260 e. The molecule has 0 saturated heterocycles. The summed E-state index contributed by atoms with van der Waals surface area (Å²) in [5.74, 6) is 0.302. The van der Waals surface area contributed by atoms with Gasteiger partial charge in [-0.05, 0) is 50.4 Å². The Morgan fingerprint density at radius 2 is 1.87 bits per heavy atom. The van der Waals surface area contributed by atoms with Crippen molar-refractivity contribution in [1.82, 2.24) is 15.0 Å². The lowest BCUT2D eigenvalue weighted by atomic mass is 9.77. The number of hydrogen-bond donors (Lipinski definition) is 0. The summed E-state index contributed by atoms with van der Waals surface area (Å²) >= 11 is 1.76. The zero-order valence-electron chi connectivity index (χ0n) is 12.1. The Kier molecular flexibility index (Phi) is 2.09. The average molecular weight is 313 g/mol. The summed E-state index contributed by atoms with van der Waals surface area (Å²) in [6, 6.07) is 8.92. The van der Waals surface area contributed by atoms with Crippen molar-refractivity contribution < 1.29 is 0 Å². The van der Waals surface area contributed by atoms with E-state index in [-0.39, 0.29) is 11.8 Å². The molecule has 23 heavy (non-hydrogen) atoms. The summed E-state index contributed by atoms with van der Waals surface area (Å²) in [7, 11) is 0. The van der Waals surface area contributed by atoms with Gasteiger partial charge in [0, 0.05) is 23.9 Å². The molecule has 3 aliphatic carbocycles. The van der Waals surface area contributed by atoms with E-state index in [0.717, 1.165) is 11.4 Å². The van der Waals surface area contributed by atoms with Gasteiger partial charge in [0.05, 0.1) is 17.3 Å². The minimum absolute atomic E-state index is 0.111. The average Bonchev–Trinajstić information content (AvgIpc) is 2.99. The number of hydrogen-bond acceptors (Lipinski definition) is 4. The van der Waals surface area contributed by atoms with Gasteiger partial charge in [0.25, 0.3) is 0 Å². The van der Waals surface area contributed by atoms with Crippen LogP contribution >= 0.6 is 11.3 Å². The standard InChI is InChI=1S/C19H11N3S/c1-2-12-16-10-4-11-7-23-8-15(11)13(5-10)17(18(12)21-3-1)19-14(16)6-20-9-22-19/h1-9,16-17H. The van der Waals surface area contributed by atoms with E-state index in [2.05, 4.69) is 38.9 Å². The number of rotatable bonds is 0. The van der Waals surface area contributed by atoms with Crippen LogP contribution in [-0.2, 0) is 0 Å². The maximum absolute atomic E-state index is 4.75. The van der Waals surface area contributed by atoms with Gasteiger partial charge in [-0.1, -0.05) is 12.1 Å². The molecule has 108 valence electrons. The van der Waals surface area contributed by atoms with Gasteiger partial charge < -0.3 is 0 Å². The zero-order chi connectivity index (χ0) is 15.0. The van der Waals surface area contributed by atoms with E-state index >= 15 is 0 Å². The molecule has 0 N–H and O–H groups in total. The summed E-state index contributed by atoms with van der Waals surface area (Å²) < 4.78 is 0. The molecule has 1 aromatic carbocycles. The van der Waals surface area contributed by atoms with Crippen molar-refractivity contribution in [3.63, 3.8) is 0 Å². The molecule has 3 aliphatic rings. The summed E-state index contributed by atoms with van der Waals surface area (Å²) in [5, 5.41) is 7.14. The Labute approximate surface area is 136 Å². The number of pyridine rings is 1. The number of nitrogens with zero attached hydrogens (tertiary/aromatic N) is 3. The second-order valence-corrected chi connectivity index (χ2v) is 6.94. The highest BCUT2D eigenvalue weighted by Gasteiger charge is 2.40. The number of aromatic nitrogens is 3. The molecule has 0 radical (unpaired) electrons. The van der Waals surface area contributed by atoms with Gasteiger partial charge in [0.1, 0.15) is 6.33 Å². The van der Waals surface area contributed by atoms with Gasteiger partial charge >= 0.3 is 0 Å². The Balaban J connectivity index is 1.86. The van der Waals surface area contributed by atoms with Gasteiger partial charge in [0.2, 0.25) is 0 Å². The molecule has 0 fully saturated rings. The lowest BCUT2D eigenvalue weighted by Crippen LogP contribution is -2.19. The fraction of sp³-hybridized carbons (Fsp3) is 0.105. The smallest absolute Gasteiger partial charge is 0.115 e. The predicted molar refractivity (Wildman–Crippen MR) is 90.0 cm³/mol. The molecule has 2 atom stereocenters. The molecule has 4 aromatic rings. The first kappa shape index (κ1) is 11.9. The van der Waals surface area contributed by atoms with E-state index in [0.29, 0.717) is 0 Å². The summed E-state index contributed by atoms with van der Waals surface area (Å²) in [6.07, 6.45) is 5.54. The van der Waals surface area contributed by atoms with Gasteiger partial charge in [-0.3, -0.25) is 4.98 Å². The maximum Gasteiger partial charge on any atom is 0.115 e. The number of benzene rings is 1. The summed E-state index contributed by atoms with van der Waals surface area (Å²) in [6.45, 7) is 0.